The SMILES string of the molecule is NCC(COc1ccc(O)cc1)c1ccccc1Cl. The minimum absolute atomic E-state index is 0.0440. The fourth-order valence-corrected chi connectivity index (χ4v) is 2.12. The van der Waals surface area contributed by atoms with Crippen LogP contribution in [0.25, 0.3) is 0 Å². The van der Waals surface area contributed by atoms with Gasteiger partial charge in [0.2, 0.25) is 0 Å². The lowest BCUT2D eigenvalue weighted by atomic mass is 10.0. The second kappa shape index (κ2) is 6.45. The van der Waals surface area contributed by atoms with Crippen molar-refractivity contribution in [1.82, 2.24) is 0 Å². The fraction of sp³-hybridized carbons (Fsp3) is 0.200. The second-order valence-electron chi connectivity index (χ2n) is 4.26. The largest absolute Gasteiger partial charge is 0.508 e. The van der Waals surface area contributed by atoms with Crippen molar-refractivity contribution < 1.29 is 9.84 Å². The van der Waals surface area contributed by atoms with E-state index in [1.54, 1.807) is 24.3 Å². The summed E-state index contributed by atoms with van der Waals surface area (Å²) in [6.07, 6.45) is 0. The number of nitrogens with two attached hydrogens (primary N) is 1. The zero-order valence-electron chi connectivity index (χ0n) is 10.4. The summed E-state index contributed by atoms with van der Waals surface area (Å²) in [5.74, 6) is 0.958. The monoisotopic (exact) mass is 277 g/mol. The molecule has 2 aromatic rings. The van der Waals surface area contributed by atoms with Crippen LogP contribution >= 0.6 is 11.6 Å². The van der Waals surface area contributed by atoms with Crippen molar-refractivity contribution in [2.24, 2.45) is 5.73 Å². The normalized spacial score (nSPS) is 12.1. The van der Waals surface area contributed by atoms with E-state index in [1.165, 1.54) is 0 Å². The number of hydrogen-bond donors (Lipinski definition) is 2. The Hall–Kier alpha value is -1.71. The van der Waals surface area contributed by atoms with E-state index in [4.69, 9.17) is 22.1 Å². The van der Waals surface area contributed by atoms with Gasteiger partial charge in [-0.15, -0.1) is 0 Å². The highest BCUT2D eigenvalue weighted by molar-refractivity contribution is 6.31. The molecule has 0 aromatic heterocycles. The van der Waals surface area contributed by atoms with Gasteiger partial charge in [-0.25, -0.2) is 0 Å². The maximum absolute atomic E-state index is 9.20. The molecule has 0 spiro atoms. The summed E-state index contributed by atoms with van der Waals surface area (Å²) in [7, 11) is 0. The van der Waals surface area contributed by atoms with Crippen molar-refractivity contribution in [1.29, 1.82) is 0 Å². The fourth-order valence-electron chi connectivity index (χ4n) is 1.83. The van der Waals surface area contributed by atoms with Gasteiger partial charge in [0.15, 0.2) is 0 Å². The van der Waals surface area contributed by atoms with Crippen LogP contribution in [0.3, 0.4) is 0 Å². The van der Waals surface area contributed by atoms with Gasteiger partial charge in [0.05, 0.1) is 6.61 Å². The Kier molecular flexibility index (Phi) is 4.66. The second-order valence-corrected chi connectivity index (χ2v) is 4.67. The van der Waals surface area contributed by atoms with Gasteiger partial charge in [-0.2, -0.15) is 0 Å². The molecule has 0 saturated heterocycles. The molecule has 0 aliphatic rings. The van der Waals surface area contributed by atoms with E-state index in [0.29, 0.717) is 23.9 Å². The minimum atomic E-state index is 0.0440. The zero-order chi connectivity index (χ0) is 13.7. The van der Waals surface area contributed by atoms with Crippen molar-refractivity contribution in [3.8, 4) is 11.5 Å². The highest BCUT2D eigenvalue weighted by atomic mass is 35.5. The first-order valence-electron chi connectivity index (χ1n) is 6.07. The van der Waals surface area contributed by atoms with E-state index >= 15 is 0 Å². The number of rotatable bonds is 5. The third kappa shape index (κ3) is 3.63. The van der Waals surface area contributed by atoms with E-state index in [-0.39, 0.29) is 11.7 Å². The quantitative estimate of drug-likeness (QED) is 0.883. The highest BCUT2D eigenvalue weighted by Crippen LogP contribution is 2.25. The third-order valence-electron chi connectivity index (χ3n) is 2.92. The Balaban J connectivity index is 2.04. The summed E-state index contributed by atoms with van der Waals surface area (Å²) >= 11 is 6.16. The van der Waals surface area contributed by atoms with E-state index in [1.807, 2.05) is 24.3 Å². The van der Waals surface area contributed by atoms with Crippen LogP contribution in [0.5, 0.6) is 11.5 Å². The topological polar surface area (TPSA) is 55.5 Å². The molecule has 0 aliphatic heterocycles. The van der Waals surface area contributed by atoms with Gasteiger partial charge >= 0.3 is 0 Å². The summed E-state index contributed by atoms with van der Waals surface area (Å²) in [5, 5.41) is 9.90. The molecular formula is C15H16ClNO2. The van der Waals surface area contributed by atoms with Gasteiger partial charge in [-0.1, -0.05) is 29.8 Å². The molecule has 2 rings (SSSR count). The van der Waals surface area contributed by atoms with Gasteiger partial charge in [0, 0.05) is 17.5 Å². The Morgan fingerprint density at radius 3 is 2.42 bits per heavy atom. The standard InChI is InChI=1S/C15H16ClNO2/c16-15-4-2-1-3-14(15)11(9-17)10-19-13-7-5-12(18)6-8-13/h1-8,11,18H,9-10,17H2. The van der Waals surface area contributed by atoms with E-state index in [2.05, 4.69) is 0 Å². The van der Waals surface area contributed by atoms with Crippen LogP contribution in [-0.2, 0) is 0 Å². The van der Waals surface area contributed by atoms with Crippen LogP contribution in [0.4, 0.5) is 0 Å². The lowest BCUT2D eigenvalue weighted by Crippen LogP contribution is -2.20. The summed E-state index contributed by atoms with van der Waals surface area (Å²) < 4.78 is 5.67. The van der Waals surface area contributed by atoms with E-state index in [0.717, 1.165) is 5.56 Å². The maximum atomic E-state index is 9.20. The van der Waals surface area contributed by atoms with Crippen molar-refractivity contribution in [2.45, 2.75) is 5.92 Å². The van der Waals surface area contributed by atoms with Crippen molar-refractivity contribution >= 4 is 11.6 Å². The molecule has 1 unspecified atom stereocenters. The summed E-state index contributed by atoms with van der Waals surface area (Å²) in [4.78, 5) is 0. The number of benzene rings is 2. The molecule has 19 heavy (non-hydrogen) atoms. The first-order valence-corrected chi connectivity index (χ1v) is 6.45. The lowest BCUT2D eigenvalue weighted by molar-refractivity contribution is 0.290. The van der Waals surface area contributed by atoms with Crippen LogP contribution in [0.2, 0.25) is 5.02 Å². The molecule has 100 valence electrons. The maximum Gasteiger partial charge on any atom is 0.119 e. The van der Waals surface area contributed by atoms with E-state index < -0.39 is 0 Å². The van der Waals surface area contributed by atoms with Crippen LogP contribution in [0.15, 0.2) is 48.5 Å². The third-order valence-corrected chi connectivity index (χ3v) is 3.26. The average molecular weight is 278 g/mol. The van der Waals surface area contributed by atoms with Gasteiger partial charge in [-0.05, 0) is 35.9 Å². The smallest absolute Gasteiger partial charge is 0.119 e. The van der Waals surface area contributed by atoms with Crippen molar-refractivity contribution in [3.05, 3.63) is 59.1 Å². The molecule has 0 amide bonds. The molecule has 0 fully saturated rings. The Morgan fingerprint density at radius 1 is 1.11 bits per heavy atom. The number of phenolic OH excluding ortho intramolecular Hbond substituents is 1. The predicted molar refractivity (Wildman–Crippen MR) is 76.8 cm³/mol. The molecule has 0 bridgehead atoms. The molecule has 0 radical (unpaired) electrons. The molecule has 4 heteroatoms. The van der Waals surface area contributed by atoms with Gasteiger partial charge in [-0.3, -0.25) is 0 Å². The molecule has 0 saturated carbocycles. The van der Waals surface area contributed by atoms with Gasteiger partial charge < -0.3 is 15.6 Å². The zero-order valence-corrected chi connectivity index (χ0v) is 11.2. The van der Waals surface area contributed by atoms with Gasteiger partial charge in [0.25, 0.3) is 0 Å². The van der Waals surface area contributed by atoms with Crippen LogP contribution < -0.4 is 10.5 Å². The van der Waals surface area contributed by atoms with Crippen LogP contribution in [0, 0.1) is 0 Å². The van der Waals surface area contributed by atoms with Crippen LogP contribution in [-0.4, -0.2) is 18.3 Å². The van der Waals surface area contributed by atoms with E-state index in [9.17, 15) is 5.11 Å². The summed E-state index contributed by atoms with van der Waals surface area (Å²) in [6.45, 7) is 0.910. The average Bonchev–Trinajstić information content (AvgIpc) is 2.43. The Bertz CT molecular complexity index is 528. The molecule has 3 nitrogen and oxygen atoms in total. The molecule has 0 heterocycles. The molecular weight excluding hydrogens is 262 g/mol. The van der Waals surface area contributed by atoms with Crippen molar-refractivity contribution in [3.63, 3.8) is 0 Å². The Morgan fingerprint density at radius 2 is 1.79 bits per heavy atom. The molecule has 0 aliphatic carbocycles. The summed E-state index contributed by atoms with van der Waals surface area (Å²) in [6, 6.07) is 14.2. The summed E-state index contributed by atoms with van der Waals surface area (Å²) in [5.41, 5.74) is 6.77. The molecule has 1 atom stereocenters. The first kappa shape index (κ1) is 13.7. The number of aromatic hydroxyl groups is 1. The Labute approximate surface area is 117 Å². The number of halogens is 1. The van der Waals surface area contributed by atoms with Crippen LogP contribution in [0.1, 0.15) is 11.5 Å². The number of hydrogen-bond acceptors (Lipinski definition) is 3. The van der Waals surface area contributed by atoms with Gasteiger partial charge in [0.1, 0.15) is 11.5 Å². The number of ether oxygens (including phenoxy) is 1. The molecule has 3 N–H and O–H groups in total. The highest BCUT2D eigenvalue weighted by Gasteiger charge is 2.13. The lowest BCUT2D eigenvalue weighted by Gasteiger charge is -2.17. The van der Waals surface area contributed by atoms with Crippen molar-refractivity contribution in [2.75, 3.05) is 13.2 Å². The minimum Gasteiger partial charge on any atom is -0.508 e. The number of phenols is 1. The first-order chi connectivity index (χ1) is 9.20. The molecule has 2 aromatic carbocycles. The predicted octanol–water partition coefficient (Wildman–Crippen LogP) is 3.17.